The molecule has 5 heteroatoms. The summed E-state index contributed by atoms with van der Waals surface area (Å²) in [5.41, 5.74) is 1.51. The predicted octanol–water partition coefficient (Wildman–Crippen LogP) is 4.33. The van der Waals surface area contributed by atoms with Crippen molar-refractivity contribution in [3.63, 3.8) is 0 Å². The summed E-state index contributed by atoms with van der Waals surface area (Å²) in [5, 5.41) is 10.1. The number of rotatable bonds is 5. The first-order chi connectivity index (χ1) is 9.54. The summed E-state index contributed by atoms with van der Waals surface area (Å²) in [6.07, 6.45) is -0.358. The topological polar surface area (TPSA) is 29.5 Å². The van der Waals surface area contributed by atoms with E-state index in [0.717, 1.165) is 10.0 Å². The monoisotopic (exact) mass is 342 g/mol. The summed E-state index contributed by atoms with van der Waals surface area (Å²) in [5.74, 6) is 0.0485. The van der Waals surface area contributed by atoms with Gasteiger partial charge in [-0.15, -0.1) is 0 Å². The molecule has 0 aliphatic rings. The van der Waals surface area contributed by atoms with Crippen molar-refractivity contribution in [1.29, 1.82) is 0 Å². The zero-order valence-corrected chi connectivity index (χ0v) is 12.1. The maximum Gasteiger partial charge on any atom is 0.387 e. The van der Waals surface area contributed by atoms with Crippen molar-refractivity contribution in [3.8, 4) is 5.75 Å². The number of alkyl halides is 2. The third-order valence-corrected chi connectivity index (χ3v) is 3.34. The Morgan fingerprint density at radius 2 is 1.80 bits per heavy atom. The van der Waals surface area contributed by atoms with E-state index in [0.29, 0.717) is 12.0 Å². The van der Waals surface area contributed by atoms with Gasteiger partial charge < -0.3 is 9.84 Å². The van der Waals surface area contributed by atoms with Crippen LogP contribution in [0.25, 0.3) is 0 Å². The fourth-order valence-electron chi connectivity index (χ4n) is 1.86. The van der Waals surface area contributed by atoms with Crippen LogP contribution in [0.15, 0.2) is 53.0 Å². The Balaban J connectivity index is 2.08. The van der Waals surface area contributed by atoms with Crippen LogP contribution in [-0.2, 0) is 6.42 Å². The molecule has 0 aliphatic heterocycles. The van der Waals surface area contributed by atoms with Crippen LogP contribution in [0.1, 0.15) is 17.2 Å². The minimum Gasteiger partial charge on any atom is -0.435 e. The minimum absolute atomic E-state index is 0.0485. The predicted molar refractivity (Wildman–Crippen MR) is 75.9 cm³/mol. The number of hydrogen-bond donors (Lipinski definition) is 1. The lowest BCUT2D eigenvalue weighted by molar-refractivity contribution is -0.0499. The van der Waals surface area contributed by atoms with Gasteiger partial charge in [0.25, 0.3) is 0 Å². The van der Waals surface area contributed by atoms with Gasteiger partial charge >= 0.3 is 6.61 Å². The third-order valence-electron chi connectivity index (χ3n) is 2.81. The molecule has 0 heterocycles. The lowest BCUT2D eigenvalue weighted by atomic mass is 10.0. The number of benzene rings is 2. The number of halogens is 3. The molecule has 0 bridgehead atoms. The van der Waals surface area contributed by atoms with Gasteiger partial charge in [-0.1, -0.05) is 40.2 Å². The van der Waals surface area contributed by atoms with E-state index in [2.05, 4.69) is 20.7 Å². The van der Waals surface area contributed by atoms with Crippen molar-refractivity contribution in [2.24, 2.45) is 0 Å². The van der Waals surface area contributed by atoms with Crippen molar-refractivity contribution in [2.75, 3.05) is 0 Å². The first-order valence-corrected chi connectivity index (χ1v) is 6.81. The van der Waals surface area contributed by atoms with Crippen molar-refractivity contribution in [1.82, 2.24) is 0 Å². The van der Waals surface area contributed by atoms with Crippen LogP contribution in [0.2, 0.25) is 0 Å². The summed E-state index contributed by atoms with van der Waals surface area (Å²) in [6.45, 7) is -2.87. The second-order valence-electron chi connectivity index (χ2n) is 4.30. The van der Waals surface area contributed by atoms with Gasteiger partial charge in [-0.2, -0.15) is 8.78 Å². The number of hydrogen-bond acceptors (Lipinski definition) is 2. The fourth-order valence-corrected chi connectivity index (χ4v) is 2.12. The summed E-state index contributed by atoms with van der Waals surface area (Å²) in [7, 11) is 0. The molecule has 1 atom stereocenters. The zero-order valence-electron chi connectivity index (χ0n) is 10.5. The SMILES string of the molecule is OC(Cc1ccc(Br)cc1)c1cccc(OC(F)F)c1. The molecule has 0 aliphatic carbocycles. The molecule has 0 fully saturated rings. The Morgan fingerprint density at radius 1 is 1.10 bits per heavy atom. The van der Waals surface area contributed by atoms with Crippen LogP contribution in [0.5, 0.6) is 5.75 Å². The van der Waals surface area contributed by atoms with Crippen LogP contribution in [0.4, 0.5) is 8.78 Å². The Hall–Kier alpha value is -1.46. The molecule has 2 aromatic rings. The average Bonchev–Trinajstić information content (AvgIpc) is 2.41. The van der Waals surface area contributed by atoms with E-state index in [1.807, 2.05) is 24.3 Å². The lowest BCUT2D eigenvalue weighted by Gasteiger charge is -2.13. The van der Waals surface area contributed by atoms with Gasteiger partial charge in [0.05, 0.1) is 6.10 Å². The molecule has 1 unspecified atom stereocenters. The van der Waals surface area contributed by atoms with E-state index >= 15 is 0 Å². The van der Waals surface area contributed by atoms with Crippen LogP contribution >= 0.6 is 15.9 Å². The highest BCUT2D eigenvalue weighted by atomic mass is 79.9. The van der Waals surface area contributed by atoms with Gasteiger partial charge in [0.15, 0.2) is 0 Å². The summed E-state index contributed by atoms with van der Waals surface area (Å²) >= 11 is 3.34. The smallest absolute Gasteiger partial charge is 0.387 e. The normalized spacial score (nSPS) is 12.4. The van der Waals surface area contributed by atoms with Gasteiger partial charge in [0.1, 0.15) is 5.75 Å². The van der Waals surface area contributed by atoms with Crippen molar-refractivity contribution in [2.45, 2.75) is 19.1 Å². The molecule has 2 rings (SSSR count). The maximum absolute atomic E-state index is 12.1. The van der Waals surface area contributed by atoms with Gasteiger partial charge in [0.2, 0.25) is 0 Å². The molecule has 1 N–H and O–H groups in total. The van der Waals surface area contributed by atoms with Gasteiger partial charge in [-0.3, -0.25) is 0 Å². The summed E-state index contributed by atoms with van der Waals surface area (Å²) in [6, 6.07) is 13.7. The largest absolute Gasteiger partial charge is 0.435 e. The van der Waals surface area contributed by atoms with E-state index < -0.39 is 12.7 Å². The van der Waals surface area contributed by atoms with Crippen LogP contribution in [-0.4, -0.2) is 11.7 Å². The molecule has 0 saturated carbocycles. The molecule has 2 aromatic carbocycles. The molecule has 106 valence electrons. The molecule has 0 amide bonds. The van der Waals surface area contributed by atoms with Crippen molar-refractivity contribution in [3.05, 3.63) is 64.1 Å². The molecule has 0 spiro atoms. The van der Waals surface area contributed by atoms with Crippen LogP contribution in [0, 0.1) is 0 Å². The quantitative estimate of drug-likeness (QED) is 0.876. The highest BCUT2D eigenvalue weighted by molar-refractivity contribution is 9.10. The van der Waals surface area contributed by atoms with Crippen molar-refractivity contribution < 1.29 is 18.6 Å². The Labute approximate surface area is 124 Å². The first-order valence-electron chi connectivity index (χ1n) is 6.02. The number of aliphatic hydroxyl groups is 1. The fraction of sp³-hybridized carbons (Fsp3) is 0.200. The van der Waals surface area contributed by atoms with Crippen molar-refractivity contribution >= 4 is 15.9 Å². The highest BCUT2D eigenvalue weighted by Crippen LogP contribution is 2.24. The van der Waals surface area contributed by atoms with Gasteiger partial charge in [0, 0.05) is 10.9 Å². The summed E-state index contributed by atoms with van der Waals surface area (Å²) in [4.78, 5) is 0. The maximum atomic E-state index is 12.1. The Bertz CT molecular complexity index is 558. The molecular formula is C15H13BrF2O2. The Kier molecular flexibility index (Phi) is 5.09. The van der Waals surface area contributed by atoms with E-state index in [1.165, 1.54) is 12.1 Å². The number of aliphatic hydroxyl groups excluding tert-OH is 1. The molecule has 20 heavy (non-hydrogen) atoms. The Morgan fingerprint density at radius 3 is 2.45 bits per heavy atom. The average molecular weight is 343 g/mol. The second-order valence-corrected chi connectivity index (χ2v) is 5.21. The molecule has 0 saturated heterocycles. The van der Waals surface area contributed by atoms with E-state index in [-0.39, 0.29) is 5.75 Å². The molecule has 0 radical (unpaired) electrons. The van der Waals surface area contributed by atoms with Gasteiger partial charge in [-0.25, -0.2) is 0 Å². The highest BCUT2D eigenvalue weighted by Gasteiger charge is 2.11. The van der Waals surface area contributed by atoms with Crippen LogP contribution in [0.3, 0.4) is 0 Å². The van der Waals surface area contributed by atoms with Gasteiger partial charge in [-0.05, 0) is 35.4 Å². The molecular weight excluding hydrogens is 330 g/mol. The van der Waals surface area contributed by atoms with E-state index in [4.69, 9.17) is 0 Å². The van der Waals surface area contributed by atoms with E-state index in [1.54, 1.807) is 12.1 Å². The zero-order chi connectivity index (χ0) is 14.5. The molecule has 2 nitrogen and oxygen atoms in total. The van der Waals surface area contributed by atoms with Crippen LogP contribution < -0.4 is 4.74 Å². The third kappa shape index (κ3) is 4.28. The first kappa shape index (κ1) is 14.9. The minimum atomic E-state index is -2.87. The lowest BCUT2D eigenvalue weighted by Crippen LogP contribution is -2.05. The standard InChI is InChI=1S/C15H13BrF2O2/c16-12-6-4-10(5-7-12)8-14(19)11-2-1-3-13(9-11)20-15(17)18/h1-7,9,14-15,19H,8H2. The second kappa shape index (κ2) is 6.81. The summed E-state index contributed by atoms with van der Waals surface area (Å²) < 4.78 is 29.6. The number of ether oxygens (including phenoxy) is 1. The van der Waals surface area contributed by atoms with E-state index in [9.17, 15) is 13.9 Å². The molecule has 0 aromatic heterocycles.